The smallest absolute Gasteiger partial charge is 0.261 e. The highest BCUT2D eigenvalue weighted by Crippen LogP contribution is 2.40. The SMILES string of the molecule is Cc1cccc2c(=O)n(CC(=O)N[C@@H]3C[C@H]3c3cccc(F)c3)cnc12. The lowest BCUT2D eigenvalue weighted by Gasteiger charge is -2.09. The van der Waals surface area contributed by atoms with E-state index in [1.807, 2.05) is 19.1 Å². The summed E-state index contributed by atoms with van der Waals surface area (Å²) < 4.78 is 14.6. The number of carbonyl (C=O) groups excluding carboxylic acids is 1. The molecule has 1 aliphatic rings. The number of amides is 1. The van der Waals surface area contributed by atoms with Gasteiger partial charge in [0, 0.05) is 12.0 Å². The number of aryl methyl sites for hydroxylation is 1. The molecule has 0 saturated heterocycles. The lowest BCUT2D eigenvalue weighted by molar-refractivity contribution is -0.121. The Bertz CT molecular complexity index is 1060. The van der Waals surface area contributed by atoms with E-state index in [0.29, 0.717) is 10.9 Å². The molecule has 1 aliphatic carbocycles. The maximum absolute atomic E-state index is 13.3. The lowest BCUT2D eigenvalue weighted by atomic mass is 10.1. The number of halogens is 1. The molecular formula is C20H18FN3O2. The van der Waals surface area contributed by atoms with E-state index in [-0.39, 0.29) is 35.8 Å². The standard InChI is InChI=1S/C20H18FN3O2/c1-12-4-2-7-15-19(12)22-11-24(20(15)26)10-18(25)23-17-9-16(17)13-5-3-6-14(21)8-13/h2-8,11,16-17H,9-10H2,1H3,(H,23,25)/t16-,17+/m0/s1. The number of hydrogen-bond acceptors (Lipinski definition) is 3. The quantitative estimate of drug-likeness (QED) is 0.786. The van der Waals surface area contributed by atoms with Gasteiger partial charge in [-0.15, -0.1) is 0 Å². The highest BCUT2D eigenvalue weighted by atomic mass is 19.1. The Hall–Kier alpha value is -3.02. The second-order valence-electron chi connectivity index (χ2n) is 6.72. The number of nitrogens with zero attached hydrogens (tertiary/aromatic N) is 2. The third-order valence-corrected chi connectivity index (χ3v) is 4.78. The topological polar surface area (TPSA) is 64.0 Å². The normalized spacial score (nSPS) is 18.7. The predicted octanol–water partition coefficient (Wildman–Crippen LogP) is 2.52. The maximum atomic E-state index is 13.3. The molecule has 1 aromatic heterocycles. The van der Waals surface area contributed by atoms with Crippen molar-refractivity contribution >= 4 is 16.8 Å². The number of nitrogens with one attached hydrogen (secondary N) is 1. The van der Waals surface area contributed by atoms with Crippen LogP contribution in [0.1, 0.15) is 23.5 Å². The van der Waals surface area contributed by atoms with E-state index < -0.39 is 0 Å². The summed E-state index contributed by atoms with van der Waals surface area (Å²) in [4.78, 5) is 29.1. The van der Waals surface area contributed by atoms with E-state index in [4.69, 9.17) is 0 Å². The number of fused-ring (bicyclic) bond motifs is 1. The van der Waals surface area contributed by atoms with Crippen LogP contribution in [-0.2, 0) is 11.3 Å². The van der Waals surface area contributed by atoms with E-state index in [1.54, 1.807) is 18.2 Å². The van der Waals surface area contributed by atoms with Gasteiger partial charge in [-0.3, -0.25) is 14.2 Å². The van der Waals surface area contributed by atoms with E-state index in [1.165, 1.54) is 23.0 Å². The number of benzene rings is 2. The molecule has 26 heavy (non-hydrogen) atoms. The van der Waals surface area contributed by atoms with Gasteiger partial charge >= 0.3 is 0 Å². The minimum absolute atomic E-state index is 0.0179. The van der Waals surface area contributed by atoms with Crippen LogP contribution in [0, 0.1) is 12.7 Å². The van der Waals surface area contributed by atoms with Crippen molar-refractivity contribution in [1.29, 1.82) is 0 Å². The Kier molecular flexibility index (Phi) is 4.03. The maximum Gasteiger partial charge on any atom is 0.261 e. The summed E-state index contributed by atoms with van der Waals surface area (Å²) in [5.74, 6) is -0.392. The molecule has 132 valence electrons. The van der Waals surface area contributed by atoms with Gasteiger partial charge in [-0.2, -0.15) is 0 Å². The molecule has 0 unspecified atom stereocenters. The molecule has 4 rings (SSSR count). The van der Waals surface area contributed by atoms with Crippen LogP contribution in [0.3, 0.4) is 0 Å². The van der Waals surface area contributed by atoms with Crippen molar-refractivity contribution < 1.29 is 9.18 Å². The van der Waals surface area contributed by atoms with Gasteiger partial charge in [-0.1, -0.05) is 24.3 Å². The summed E-state index contributed by atoms with van der Waals surface area (Å²) in [7, 11) is 0. The molecule has 2 atom stereocenters. The Morgan fingerprint density at radius 1 is 1.31 bits per heavy atom. The Morgan fingerprint density at radius 3 is 2.92 bits per heavy atom. The molecule has 1 N–H and O–H groups in total. The van der Waals surface area contributed by atoms with Crippen molar-refractivity contribution in [2.45, 2.75) is 31.8 Å². The van der Waals surface area contributed by atoms with E-state index in [2.05, 4.69) is 10.3 Å². The predicted molar refractivity (Wildman–Crippen MR) is 96.4 cm³/mol. The summed E-state index contributed by atoms with van der Waals surface area (Å²) >= 11 is 0. The molecule has 6 heteroatoms. The first-order valence-electron chi connectivity index (χ1n) is 8.52. The van der Waals surface area contributed by atoms with Crippen LogP contribution in [-0.4, -0.2) is 21.5 Å². The van der Waals surface area contributed by atoms with E-state index >= 15 is 0 Å². The average Bonchev–Trinajstić information content (AvgIpc) is 3.37. The van der Waals surface area contributed by atoms with Crippen LogP contribution in [0.4, 0.5) is 4.39 Å². The third-order valence-electron chi connectivity index (χ3n) is 4.78. The lowest BCUT2D eigenvalue weighted by Crippen LogP contribution is -2.34. The van der Waals surface area contributed by atoms with E-state index in [9.17, 15) is 14.0 Å². The fourth-order valence-electron chi connectivity index (χ4n) is 3.32. The molecule has 1 fully saturated rings. The van der Waals surface area contributed by atoms with Crippen LogP contribution in [0.5, 0.6) is 0 Å². The summed E-state index contributed by atoms with van der Waals surface area (Å²) in [6, 6.07) is 11.8. The molecule has 0 aliphatic heterocycles. The van der Waals surface area contributed by atoms with Gasteiger partial charge in [0.05, 0.1) is 17.2 Å². The van der Waals surface area contributed by atoms with Crippen LogP contribution in [0.15, 0.2) is 53.6 Å². The third kappa shape index (κ3) is 3.10. The second-order valence-corrected chi connectivity index (χ2v) is 6.72. The first-order chi connectivity index (χ1) is 12.5. The fourth-order valence-corrected chi connectivity index (χ4v) is 3.32. The molecule has 1 amide bonds. The van der Waals surface area contributed by atoms with Crippen molar-refractivity contribution in [2.24, 2.45) is 0 Å². The Labute approximate surface area is 149 Å². The van der Waals surface area contributed by atoms with Crippen LogP contribution >= 0.6 is 0 Å². The summed E-state index contributed by atoms with van der Waals surface area (Å²) in [6.07, 6.45) is 2.19. The number of carbonyl (C=O) groups is 1. The second kappa shape index (κ2) is 6.37. The number of aromatic nitrogens is 2. The Morgan fingerprint density at radius 2 is 2.12 bits per heavy atom. The van der Waals surface area contributed by atoms with Crippen LogP contribution in [0.2, 0.25) is 0 Å². The Balaban J connectivity index is 1.45. The minimum atomic E-state index is -0.274. The van der Waals surface area contributed by atoms with Gasteiger partial charge in [0.1, 0.15) is 12.4 Å². The largest absolute Gasteiger partial charge is 0.351 e. The summed E-state index contributed by atoms with van der Waals surface area (Å²) in [5.41, 5.74) is 2.23. The van der Waals surface area contributed by atoms with Crippen molar-refractivity contribution in [1.82, 2.24) is 14.9 Å². The van der Waals surface area contributed by atoms with Crippen molar-refractivity contribution in [3.8, 4) is 0 Å². The van der Waals surface area contributed by atoms with Gasteiger partial charge in [-0.05, 0) is 42.7 Å². The molecule has 0 bridgehead atoms. The summed E-state index contributed by atoms with van der Waals surface area (Å²) in [5, 5.41) is 3.41. The molecule has 2 aromatic carbocycles. The van der Waals surface area contributed by atoms with Gasteiger partial charge in [0.25, 0.3) is 5.56 Å². The van der Waals surface area contributed by atoms with Gasteiger partial charge < -0.3 is 5.32 Å². The first kappa shape index (κ1) is 16.4. The monoisotopic (exact) mass is 351 g/mol. The van der Waals surface area contributed by atoms with Crippen LogP contribution < -0.4 is 10.9 Å². The molecule has 0 radical (unpaired) electrons. The highest BCUT2D eigenvalue weighted by Gasteiger charge is 2.39. The van der Waals surface area contributed by atoms with Crippen molar-refractivity contribution in [2.75, 3.05) is 0 Å². The van der Waals surface area contributed by atoms with Crippen molar-refractivity contribution in [3.63, 3.8) is 0 Å². The molecule has 3 aromatic rings. The summed E-state index contributed by atoms with van der Waals surface area (Å²) in [6.45, 7) is 1.81. The molecule has 1 heterocycles. The highest BCUT2D eigenvalue weighted by molar-refractivity contribution is 5.81. The molecule has 0 spiro atoms. The van der Waals surface area contributed by atoms with E-state index in [0.717, 1.165) is 17.5 Å². The van der Waals surface area contributed by atoms with Gasteiger partial charge in [0.15, 0.2) is 0 Å². The number of rotatable bonds is 4. The van der Waals surface area contributed by atoms with Gasteiger partial charge in [-0.25, -0.2) is 9.37 Å². The number of para-hydroxylation sites is 1. The molecule has 5 nitrogen and oxygen atoms in total. The first-order valence-corrected chi connectivity index (χ1v) is 8.52. The zero-order valence-electron chi connectivity index (χ0n) is 14.3. The fraction of sp³-hybridized carbons (Fsp3) is 0.250. The average molecular weight is 351 g/mol. The zero-order valence-corrected chi connectivity index (χ0v) is 14.3. The molecular weight excluding hydrogens is 333 g/mol. The van der Waals surface area contributed by atoms with Crippen molar-refractivity contribution in [3.05, 3.63) is 76.1 Å². The number of hydrogen-bond donors (Lipinski definition) is 1. The van der Waals surface area contributed by atoms with Gasteiger partial charge in [0.2, 0.25) is 5.91 Å². The minimum Gasteiger partial charge on any atom is -0.351 e. The molecule has 1 saturated carbocycles. The zero-order chi connectivity index (χ0) is 18.3. The van der Waals surface area contributed by atoms with Crippen LogP contribution in [0.25, 0.3) is 10.9 Å².